The lowest BCUT2D eigenvalue weighted by Crippen LogP contribution is -2.44. The first-order chi connectivity index (χ1) is 19.5. The fourth-order valence-electron chi connectivity index (χ4n) is 3.84. The quantitative estimate of drug-likeness (QED) is 0.278. The van der Waals surface area contributed by atoms with E-state index in [2.05, 4.69) is 10.6 Å². The van der Waals surface area contributed by atoms with Crippen molar-refractivity contribution in [3.8, 4) is 0 Å². The summed E-state index contributed by atoms with van der Waals surface area (Å²) in [6.07, 6.45) is 0. The summed E-state index contributed by atoms with van der Waals surface area (Å²) in [5.74, 6) is -4.80. The minimum atomic E-state index is -1.37. The molecule has 0 radical (unpaired) electrons. The van der Waals surface area contributed by atoms with Crippen molar-refractivity contribution in [3.05, 3.63) is 93.5 Å². The van der Waals surface area contributed by atoms with E-state index in [1.54, 1.807) is 36.4 Å². The first kappa shape index (κ1) is 29.2. The monoisotopic (exact) mass is 597 g/mol. The summed E-state index contributed by atoms with van der Waals surface area (Å²) in [5, 5.41) is 5.84. The lowest BCUT2D eigenvalue weighted by atomic mass is 10.1. The number of carbonyl (C=O) groups is 6. The zero-order valence-corrected chi connectivity index (χ0v) is 22.8. The van der Waals surface area contributed by atoms with Crippen LogP contribution in [0.25, 0.3) is 0 Å². The average molecular weight is 598 g/mol. The summed E-state index contributed by atoms with van der Waals surface area (Å²) in [4.78, 5) is 75.9. The third kappa shape index (κ3) is 7.07. The van der Waals surface area contributed by atoms with Crippen LogP contribution in [0, 0.1) is 0 Å². The fourth-order valence-corrected chi connectivity index (χ4v) is 4.22. The molecule has 0 saturated carbocycles. The van der Waals surface area contributed by atoms with Crippen LogP contribution in [-0.2, 0) is 23.9 Å². The number of rotatable bonds is 9. The lowest BCUT2D eigenvalue weighted by Gasteiger charge is -2.20. The predicted octanol–water partition coefficient (Wildman–Crippen LogP) is 3.96. The third-order valence-electron chi connectivity index (χ3n) is 5.78. The Labute approximate surface area is 243 Å². The van der Waals surface area contributed by atoms with Crippen LogP contribution in [0.5, 0.6) is 0 Å². The molecule has 1 aliphatic heterocycles. The van der Waals surface area contributed by atoms with Gasteiger partial charge in [-0.25, -0.2) is 9.59 Å². The molecule has 0 aliphatic carbocycles. The second-order valence-corrected chi connectivity index (χ2v) is 9.59. The number of benzene rings is 3. The molecule has 13 heteroatoms. The predicted molar refractivity (Wildman–Crippen MR) is 148 cm³/mol. The van der Waals surface area contributed by atoms with Gasteiger partial charge in [0.2, 0.25) is 0 Å². The third-order valence-corrected chi connectivity index (χ3v) is 6.25. The molecule has 2 N–H and O–H groups in total. The maximum atomic E-state index is 13.0. The van der Waals surface area contributed by atoms with Crippen molar-refractivity contribution in [2.75, 3.05) is 23.8 Å². The second-order valence-electron chi connectivity index (χ2n) is 8.72. The molecule has 3 aromatic carbocycles. The summed E-state index contributed by atoms with van der Waals surface area (Å²) in [5.41, 5.74) is 0.544. The van der Waals surface area contributed by atoms with Crippen molar-refractivity contribution in [1.82, 2.24) is 4.90 Å². The Bertz CT molecular complexity index is 1580. The number of anilines is 2. The van der Waals surface area contributed by atoms with Gasteiger partial charge in [-0.05, 0) is 61.5 Å². The van der Waals surface area contributed by atoms with Gasteiger partial charge in [0.25, 0.3) is 23.6 Å². The van der Waals surface area contributed by atoms with Crippen LogP contribution < -0.4 is 10.6 Å². The molecule has 4 amide bonds. The molecule has 210 valence electrons. The molecule has 0 saturated heterocycles. The van der Waals surface area contributed by atoms with Gasteiger partial charge >= 0.3 is 11.9 Å². The fraction of sp³-hybridized carbons (Fsp3) is 0.143. The average Bonchev–Trinajstić information content (AvgIpc) is 3.18. The highest BCUT2D eigenvalue weighted by Crippen LogP contribution is 2.27. The Balaban J connectivity index is 1.33. The van der Waals surface area contributed by atoms with Gasteiger partial charge in [-0.15, -0.1) is 0 Å². The van der Waals surface area contributed by atoms with Crippen LogP contribution in [0.3, 0.4) is 0 Å². The number of carbonyl (C=O) groups excluding carboxylic acids is 6. The molecule has 1 atom stereocenters. The maximum Gasteiger partial charge on any atom is 0.338 e. The van der Waals surface area contributed by atoms with Gasteiger partial charge in [-0.3, -0.25) is 24.1 Å². The SMILES string of the molecule is C[C@H](C(=O)OCC(=O)Nc1cccc(Cl)c1)N1C(=O)c2ccc(C(=O)OCC(=O)Nc3cccc(Cl)c3)cc2C1=O. The molecule has 0 fully saturated rings. The number of hydrogen-bond donors (Lipinski definition) is 2. The number of imide groups is 1. The molecule has 3 aromatic rings. The molecule has 11 nitrogen and oxygen atoms in total. The summed E-state index contributed by atoms with van der Waals surface area (Å²) in [6, 6.07) is 15.0. The van der Waals surface area contributed by atoms with Gasteiger partial charge in [-0.2, -0.15) is 0 Å². The molecule has 0 aromatic heterocycles. The van der Waals surface area contributed by atoms with Crippen molar-refractivity contribution in [3.63, 3.8) is 0 Å². The highest BCUT2D eigenvalue weighted by Gasteiger charge is 2.42. The first-order valence-electron chi connectivity index (χ1n) is 12.0. The molecule has 0 spiro atoms. The van der Waals surface area contributed by atoms with Crippen LogP contribution in [0.4, 0.5) is 11.4 Å². The number of esters is 2. The molecular formula is C28H21Cl2N3O8. The molecular weight excluding hydrogens is 577 g/mol. The minimum absolute atomic E-state index is 0.0383. The van der Waals surface area contributed by atoms with E-state index in [-0.39, 0.29) is 16.7 Å². The number of halogens is 2. The van der Waals surface area contributed by atoms with Gasteiger partial charge in [0.15, 0.2) is 13.2 Å². The van der Waals surface area contributed by atoms with E-state index in [4.69, 9.17) is 32.7 Å². The Morgan fingerprint density at radius 3 is 1.85 bits per heavy atom. The maximum absolute atomic E-state index is 13.0. The van der Waals surface area contributed by atoms with Crippen molar-refractivity contribution < 1.29 is 38.2 Å². The van der Waals surface area contributed by atoms with Gasteiger partial charge in [-0.1, -0.05) is 35.3 Å². The smallest absolute Gasteiger partial charge is 0.338 e. The number of hydrogen-bond acceptors (Lipinski definition) is 8. The number of ether oxygens (including phenoxy) is 2. The number of amides is 4. The van der Waals surface area contributed by atoms with E-state index in [1.165, 1.54) is 31.2 Å². The van der Waals surface area contributed by atoms with Crippen LogP contribution >= 0.6 is 23.2 Å². The Hall–Kier alpha value is -4.74. The first-order valence-corrected chi connectivity index (χ1v) is 12.8. The van der Waals surface area contributed by atoms with Crippen LogP contribution in [0.15, 0.2) is 66.7 Å². The van der Waals surface area contributed by atoms with Crippen LogP contribution in [0.2, 0.25) is 10.0 Å². The Morgan fingerprint density at radius 2 is 1.29 bits per heavy atom. The van der Waals surface area contributed by atoms with E-state index >= 15 is 0 Å². The van der Waals surface area contributed by atoms with Crippen molar-refractivity contribution in [1.29, 1.82) is 0 Å². The van der Waals surface area contributed by atoms with E-state index in [1.807, 2.05) is 0 Å². The van der Waals surface area contributed by atoms with Crippen molar-refractivity contribution in [2.45, 2.75) is 13.0 Å². The van der Waals surface area contributed by atoms with Crippen LogP contribution in [-0.4, -0.2) is 59.7 Å². The summed E-state index contributed by atoms with van der Waals surface area (Å²) in [7, 11) is 0. The normalized spacial score (nSPS) is 12.8. The van der Waals surface area contributed by atoms with Crippen molar-refractivity contribution in [2.24, 2.45) is 0 Å². The zero-order valence-electron chi connectivity index (χ0n) is 21.3. The van der Waals surface area contributed by atoms with Gasteiger partial charge < -0.3 is 20.1 Å². The highest BCUT2D eigenvalue weighted by atomic mass is 35.5. The van der Waals surface area contributed by atoms with Crippen LogP contribution in [0.1, 0.15) is 38.0 Å². The molecule has 41 heavy (non-hydrogen) atoms. The van der Waals surface area contributed by atoms with Gasteiger partial charge in [0.05, 0.1) is 16.7 Å². The second kappa shape index (κ2) is 12.6. The van der Waals surface area contributed by atoms with Crippen molar-refractivity contribution >= 4 is 70.1 Å². The molecule has 0 unspecified atom stereocenters. The highest BCUT2D eigenvalue weighted by molar-refractivity contribution is 6.31. The standard InChI is InChI=1S/C28H21Cl2N3O8/c1-15(27(38)40-13-23(34)31-19-6-2-4-17(29)11-19)33-25(36)21-9-8-16(10-22(21)26(33)37)28(39)41-14-24(35)32-20-7-3-5-18(30)12-20/h2-12,15H,13-14H2,1H3,(H,31,34)(H,32,35)/t15-/m1/s1. The lowest BCUT2D eigenvalue weighted by molar-refractivity contribution is -0.150. The topological polar surface area (TPSA) is 148 Å². The summed E-state index contributed by atoms with van der Waals surface area (Å²) < 4.78 is 10.0. The molecule has 0 bridgehead atoms. The number of fused-ring (bicyclic) bond motifs is 1. The van der Waals surface area contributed by atoms with E-state index in [0.29, 0.717) is 26.3 Å². The number of nitrogens with one attached hydrogen (secondary N) is 2. The van der Waals surface area contributed by atoms with Gasteiger partial charge in [0, 0.05) is 21.4 Å². The molecule has 1 aliphatic rings. The van der Waals surface area contributed by atoms with Gasteiger partial charge in [0.1, 0.15) is 6.04 Å². The van der Waals surface area contributed by atoms with E-state index < -0.39 is 54.8 Å². The number of nitrogens with zero attached hydrogens (tertiary/aromatic N) is 1. The van der Waals surface area contributed by atoms with E-state index in [0.717, 1.165) is 6.07 Å². The molecule has 1 heterocycles. The Morgan fingerprint density at radius 1 is 0.756 bits per heavy atom. The minimum Gasteiger partial charge on any atom is -0.454 e. The summed E-state index contributed by atoms with van der Waals surface area (Å²) in [6.45, 7) is -0.0124. The molecule has 4 rings (SSSR count). The Kier molecular flexibility index (Phi) is 9.00. The largest absolute Gasteiger partial charge is 0.454 e. The summed E-state index contributed by atoms with van der Waals surface area (Å²) >= 11 is 11.7. The zero-order chi connectivity index (χ0) is 29.7. The van der Waals surface area contributed by atoms with E-state index in [9.17, 15) is 28.8 Å².